The van der Waals surface area contributed by atoms with E-state index < -0.39 is 0 Å². The fraction of sp³-hybridized carbons (Fsp3) is 0.375. The van der Waals surface area contributed by atoms with Crippen LogP contribution in [0, 0.1) is 6.92 Å². The first-order valence-electron chi connectivity index (χ1n) is 3.39. The second kappa shape index (κ2) is 3.32. The molecule has 1 rings (SSSR count). The van der Waals surface area contributed by atoms with Crippen LogP contribution in [0.15, 0.2) is 18.3 Å². The van der Waals surface area contributed by atoms with Gasteiger partial charge in [0.15, 0.2) is 0 Å². The maximum Gasteiger partial charge on any atom is 0.0375 e. The van der Waals surface area contributed by atoms with Crippen LogP contribution in [0.2, 0.25) is 0 Å². The fourth-order valence-electron chi connectivity index (χ4n) is 0.918. The van der Waals surface area contributed by atoms with Crippen LogP contribution in [0.3, 0.4) is 0 Å². The highest BCUT2D eigenvalue weighted by Gasteiger charge is 1.89. The van der Waals surface area contributed by atoms with Crippen molar-refractivity contribution in [3.05, 3.63) is 29.6 Å². The number of nitrogens with one attached hydrogen (secondary N) is 1. The molecule has 0 amide bonds. The minimum Gasteiger partial charge on any atom is -0.316 e. The molecule has 0 aromatic carbocycles. The van der Waals surface area contributed by atoms with E-state index in [0.29, 0.717) is 0 Å². The summed E-state index contributed by atoms with van der Waals surface area (Å²) < 4.78 is 0. The molecule has 0 atom stereocenters. The van der Waals surface area contributed by atoms with Crippen molar-refractivity contribution in [1.29, 1.82) is 0 Å². The smallest absolute Gasteiger partial charge is 0.0375 e. The summed E-state index contributed by atoms with van der Waals surface area (Å²) in [6, 6.07) is 4.10. The molecule has 2 nitrogen and oxygen atoms in total. The molecular weight excluding hydrogens is 124 g/mol. The fourth-order valence-corrected chi connectivity index (χ4v) is 0.918. The molecule has 0 aliphatic rings. The van der Waals surface area contributed by atoms with Crippen molar-refractivity contribution >= 4 is 0 Å². The van der Waals surface area contributed by atoms with Crippen LogP contribution in [0.1, 0.15) is 11.3 Å². The van der Waals surface area contributed by atoms with Gasteiger partial charge in [-0.1, -0.05) is 0 Å². The zero-order valence-corrected chi connectivity index (χ0v) is 6.39. The molecule has 54 valence electrons. The number of hydrogen-bond donors (Lipinski definition) is 1. The van der Waals surface area contributed by atoms with Crippen LogP contribution in [0.4, 0.5) is 0 Å². The van der Waals surface area contributed by atoms with Crippen LogP contribution >= 0.6 is 0 Å². The van der Waals surface area contributed by atoms with Crippen molar-refractivity contribution in [2.75, 3.05) is 7.05 Å². The quantitative estimate of drug-likeness (QED) is 0.658. The Morgan fingerprint density at radius 2 is 2.40 bits per heavy atom. The van der Waals surface area contributed by atoms with Crippen molar-refractivity contribution in [2.45, 2.75) is 13.5 Å². The van der Waals surface area contributed by atoms with Gasteiger partial charge in [0.05, 0.1) is 0 Å². The van der Waals surface area contributed by atoms with Crippen molar-refractivity contribution in [2.24, 2.45) is 0 Å². The molecule has 0 aliphatic carbocycles. The van der Waals surface area contributed by atoms with Gasteiger partial charge in [0, 0.05) is 18.4 Å². The number of aromatic nitrogens is 1. The van der Waals surface area contributed by atoms with Crippen molar-refractivity contribution in [1.82, 2.24) is 10.3 Å². The summed E-state index contributed by atoms with van der Waals surface area (Å²) in [7, 11) is 1.94. The van der Waals surface area contributed by atoms with E-state index in [1.165, 1.54) is 5.56 Å². The molecule has 0 saturated heterocycles. The van der Waals surface area contributed by atoms with E-state index in [1.807, 2.05) is 26.2 Å². The molecule has 10 heavy (non-hydrogen) atoms. The highest BCUT2D eigenvalue weighted by molar-refractivity contribution is 5.14. The summed E-state index contributed by atoms with van der Waals surface area (Å²) >= 11 is 0. The third-order valence-corrected chi connectivity index (χ3v) is 1.34. The standard InChI is InChI=1S/C8H12N2/c1-7-5-8(6-9-2)3-4-10-7/h3-5,9H,6H2,1-2H3. The number of hydrogen-bond acceptors (Lipinski definition) is 2. The molecule has 2 heteroatoms. The number of rotatable bonds is 2. The van der Waals surface area contributed by atoms with Gasteiger partial charge in [-0.2, -0.15) is 0 Å². The molecule has 1 aromatic rings. The Kier molecular flexibility index (Phi) is 2.40. The Hall–Kier alpha value is -0.890. The van der Waals surface area contributed by atoms with E-state index in [0.717, 1.165) is 12.2 Å². The summed E-state index contributed by atoms with van der Waals surface area (Å²) in [4.78, 5) is 4.09. The largest absolute Gasteiger partial charge is 0.316 e. The lowest BCUT2D eigenvalue weighted by molar-refractivity contribution is 0.814. The second-order valence-corrected chi connectivity index (χ2v) is 2.34. The van der Waals surface area contributed by atoms with E-state index in [2.05, 4.69) is 16.4 Å². The molecule has 1 N–H and O–H groups in total. The maximum absolute atomic E-state index is 4.09. The minimum atomic E-state index is 0.920. The molecule has 1 heterocycles. The van der Waals surface area contributed by atoms with Crippen LogP contribution in [0.5, 0.6) is 0 Å². The first-order chi connectivity index (χ1) is 4.83. The molecule has 0 unspecified atom stereocenters. The summed E-state index contributed by atoms with van der Waals surface area (Å²) in [5.41, 5.74) is 2.36. The predicted octanol–water partition coefficient (Wildman–Crippen LogP) is 1.11. The highest BCUT2D eigenvalue weighted by atomic mass is 14.8. The Labute approximate surface area is 61.3 Å². The average molecular weight is 136 g/mol. The molecule has 1 aromatic heterocycles. The summed E-state index contributed by atoms with van der Waals surface area (Å²) in [5, 5.41) is 3.08. The SMILES string of the molecule is CNCc1ccnc(C)c1. The Bertz CT molecular complexity index is 208. The summed E-state index contributed by atoms with van der Waals surface area (Å²) in [6.45, 7) is 2.92. The van der Waals surface area contributed by atoms with Gasteiger partial charge < -0.3 is 5.32 Å². The Morgan fingerprint density at radius 3 is 3.00 bits per heavy atom. The zero-order valence-electron chi connectivity index (χ0n) is 6.39. The number of nitrogens with zero attached hydrogens (tertiary/aromatic N) is 1. The van der Waals surface area contributed by atoms with Crippen molar-refractivity contribution in [3.63, 3.8) is 0 Å². The van der Waals surface area contributed by atoms with Crippen molar-refractivity contribution in [3.8, 4) is 0 Å². The lowest BCUT2D eigenvalue weighted by atomic mass is 10.2. The van der Waals surface area contributed by atoms with E-state index in [1.54, 1.807) is 0 Å². The van der Waals surface area contributed by atoms with Gasteiger partial charge in [-0.3, -0.25) is 4.98 Å². The zero-order chi connectivity index (χ0) is 7.40. The highest BCUT2D eigenvalue weighted by Crippen LogP contribution is 1.98. The van der Waals surface area contributed by atoms with Gasteiger partial charge in [0.1, 0.15) is 0 Å². The minimum absolute atomic E-state index is 0.920. The number of aryl methyl sites for hydroxylation is 1. The van der Waals surface area contributed by atoms with Gasteiger partial charge in [0.2, 0.25) is 0 Å². The van der Waals surface area contributed by atoms with Crippen LogP contribution < -0.4 is 5.32 Å². The van der Waals surface area contributed by atoms with Gasteiger partial charge in [-0.05, 0) is 31.7 Å². The lowest BCUT2D eigenvalue weighted by Gasteiger charge is -1.98. The second-order valence-electron chi connectivity index (χ2n) is 2.34. The van der Waals surface area contributed by atoms with Gasteiger partial charge in [0.25, 0.3) is 0 Å². The van der Waals surface area contributed by atoms with E-state index in [-0.39, 0.29) is 0 Å². The third kappa shape index (κ3) is 1.81. The van der Waals surface area contributed by atoms with Crippen LogP contribution in [-0.4, -0.2) is 12.0 Å². The first-order valence-corrected chi connectivity index (χ1v) is 3.39. The molecule has 0 spiro atoms. The van der Waals surface area contributed by atoms with Gasteiger partial charge >= 0.3 is 0 Å². The predicted molar refractivity (Wildman–Crippen MR) is 41.7 cm³/mol. The Balaban J connectivity index is 2.75. The van der Waals surface area contributed by atoms with Gasteiger partial charge in [-0.25, -0.2) is 0 Å². The summed E-state index contributed by atoms with van der Waals surface area (Å²) in [5.74, 6) is 0. The maximum atomic E-state index is 4.09. The average Bonchev–Trinajstić information content (AvgIpc) is 1.88. The van der Waals surface area contributed by atoms with E-state index >= 15 is 0 Å². The topological polar surface area (TPSA) is 24.9 Å². The summed E-state index contributed by atoms with van der Waals surface area (Å²) in [6.07, 6.45) is 1.84. The van der Waals surface area contributed by atoms with E-state index in [4.69, 9.17) is 0 Å². The third-order valence-electron chi connectivity index (χ3n) is 1.34. The van der Waals surface area contributed by atoms with Crippen molar-refractivity contribution < 1.29 is 0 Å². The first kappa shape index (κ1) is 7.22. The lowest BCUT2D eigenvalue weighted by Crippen LogP contribution is -2.05. The van der Waals surface area contributed by atoms with E-state index in [9.17, 15) is 0 Å². The molecular formula is C8H12N2. The molecule has 0 bridgehead atoms. The number of pyridine rings is 1. The Morgan fingerprint density at radius 1 is 1.60 bits per heavy atom. The van der Waals surface area contributed by atoms with Crippen LogP contribution in [-0.2, 0) is 6.54 Å². The molecule has 0 saturated carbocycles. The molecule has 0 fully saturated rings. The molecule has 0 aliphatic heterocycles. The monoisotopic (exact) mass is 136 g/mol. The van der Waals surface area contributed by atoms with Crippen LogP contribution in [0.25, 0.3) is 0 Å². The normalized spacial score (nSPS) is 9.80. The molecule has 0 radical (unpaired) electrons. The van der Waals surface area contributed by atoms with Gasteiger partial charge in [-0.15, -0.1) is 0 Å².